The van der Waals surface area contributed by atoms with Crippen molar-refractivity contribution in [2.24, 2.45) is 0 Å². The van der Waals surface area contributed by atoms with Gasteiger partial charge in [0.05, 0.1) is 8.47 Å². The van der Waals surface area contributed by atoms with Gasteiger partial charge in [0, 0.05) is 16.4 Å². The molecule has 2 saturated carbocycles. The molecule has 7 rings (SSSR count). The standard InChI is InChI=1S/C27H17S4.C5H5.Fe/c1-2-6-18(5-1)9-10-19-11-12-22-23(17-19)25(27-30-15-16-31-27)21-8-4-3-7-20(21)24(22)26-28-13-14-29-26;1-2-4-5-3-1;/h1-17H;1-5H;/q;;+2/b10-9+;;. The maximum Gasteiger partial charge on any atom is 2.00 e. The SMILES string of the molecule is [CH]1[CH][CH][CH][CH]1.[CH]1[CH][CH][C](/C=C/c2ccc3c(=C4SC=CS4)c4ccccc4c(=C4SC=CS4)c3c2)[CH]1.[Fe+2]. The minimum atomic E-state index is 0. The maximum atomic E-state index is 2.37. The van der Waals surface area contributed by atoms with Gasteiger partial charge in [0.2, 0.25) is 0 Å². The molecule has 0 amide bonds. The Morgan fingerprint density at radius 3 is 1.51 bits per heavy atom. The summed E-state index contributed by atoms with van der Waals surface area (Å²) in [7, 11) is 0. The zero-order valence-corrected chi connectivity index (χ0v) is 24.1. The fourth-order valence-corrected chi connectivity index (χ4v) is 8.25. The molecule has 0 unspecified atom stereocenters. The van der Waals surface area contributed by atoms with E-state index in [0.717, 1.165) is 0 Å². The Hall–Kier alpha value is -0.941. The Labute approximate surface area is 248 Å². The van der Waals surface area contributed by atoms with Gasteiger partial charge < -0.3 is 0 Å². The van der Waals surface area contributed by atoms with Crippen LogP contribution in [0.3, 0.4) is 0 Å². The molecule has 3 aromatic carbocycles. The number of hydrogen-bond donors (Lipinski definition) is 0. The van der Waals surface area contributed by atoms with Gasteiger partial charge in [-0.3, -0.25) is 0 Å². The molecule has 2 heterocycles. The molecule has 0 spiro atoms. The molecule has 2 aliphatic heterocycles. The molecule has 2 fully saturated rings. The molecule has 0 aromatic heterocycles. The van der Waals surface area contributed by atoms with Crippen LogP contribution in [0.15, 0.2) is 70.2 Å². The van der Waals surface area contributed by atoms with Crippen molar-refractivity contribution in [3.8, 4) is 0 Å². The summed E-state index contributed by atoms with van der Waals surface area (Å²) in [6.45, 7) is 0. The summed E-state index contributed by atoms with van der Waals surface area (Å²) in [5, 5.41) is 16.8. The Morgan fingerprint density at radius 1 is 0.486 bits per heavy atom. The van der Waals surface area contributed by atoms with Crippen molar-refractivity contribution in [3.63, 3.8) is 0 Å². The van der Waals surface area contributed by atoms with Crippen LogP contribution >= 0.6 is 47.0 Å². The quantitative estimate of drug-likeness (QED) is 0.217. The van der Waals surface area contributed by atoms with E-state index in [-0.39, 0.29) is 17.1 Å². The average molecular weight is 591 g/mol. The first kappa shape index (κ1) is 27.6. The van der Waals surface area contributed by atoms with Crippen molar-refractivity contribution in [2.45, 2.75) is 0 Å². The van der Waals surface area contributed by atoms with Gasteiger partial charge in [-0.2, -0.15) is 0 Å². The zero-order valence-electron chi connectivity index (χ0n) is 19.7. The first-order valence-corrected chi connectivity index (χ1v) is 15.2. The van der Waals surface area contributed by atoms with Gasteiger partial charge in [0.25, 0.3) is 0 Å². The maximum absolute atomic E-state index is 2.37. The summed E-state index contributed by atoms with van der Waals surface area (Å²) in [5.41, 5.74) is 1.23. The molecule has 0 atom stereocenters. The molecule has 0 nitrogen and oxygen atoms in total. The van der Waals surface area contributed by atoms with Gasteiger partial charge in [-0.15, -0.1) is 0 Å². The van der Waals surface area contributed by atoms with Crippen LogP contribution in [0.25, 0.3) is 36.1 Å². The van der Waals surface area contributed by atoms with Crippen molar-refractivity contribution in [3.05, 3.63) is 150 Å². The van der Waals surface area contributed by atoms with Crippen LogP contribution < -0.4 is 10.4 Å². The van der Waals surface area contributed by atoms with Crippen molar-refractivity contribution in [1.29, 1.82) is 0 Å². The van der Waals surface area contributed by atoms with Crippen LogP contribution in [0.5, 0.6) is 0 Å². The van der Waals surface area contributed by atoms with Crippen molar-refractivity contribution < 1.29 is 17.1 Å². The number of fused-ring (bicyclic) bond motifs is 2. The van der Waals surface area contributed by atoms with Crippen LogP contribution in [0, 0.1) is 63.7 Å². The van der Waals surface area contributed by atoms with Crippen LogP contribution in [-0.4, -0.2) is 0 Å². The predicted octanol–water partition coefficient (Wildman–Crippen LogP) is 8.46. The summed E-state index contributed by atoms with van der Waals surface area (Å²) >= 11 is 7.33. The van der Waals surface area contributed by atoms with E-state index in [1.807, 2.05) is 79.2 Å². The van der Waals surface area contributed by atoms with Crippen molar-refractivity contribution in [1.82, 2.24) is 0 Å². The molecule has 37 heavy (non-hydrogen) atoms. The second kappa shape index (κ2) is 13.4. The van der Waals surface area contributed by atoms with E-state index in [4.69, 9.17) is 0 Å². The molecule has 10 radical (unpaired) electrons. The number of hydrogen-bond acceptors (Lipinski definition) is 4. The Balaban J connectivity index is 0.000000421. The molecule has 180 valence electrons. The van der Waals surface area contributed by atoms with E-state index in [0.29, 0.717) is 0 Å². The predicted molar refractivity (Wildman–Crippen MR) is 167 cm³/mol. The van der Waals surface area contributed by atoms with E-state index in [2.05, 4.69) is 102 Å². The minimum absolute atomic E-state index is 0. The normalized spacial score (nSPS) is 19.4. The van der Waals surface area contributed by atoms with Gasteiger partial charge in [0.1, 0.15) is 0 Å². The van der Waals surface area contributed by atoms with Crippen LogP contribution in [0.1, 0.15) is 5.56 Å². The van der Waals surface area contributed by atoms with Gasteiger partial charge in [0.15, 0.2) is 0 Å². The summed E-state index contributed by atoms with van der Waals surface area (Å²) in [5.74, 6) is 1.24. The Kier molecular flexibility index (Phi) is 10.0. The third kappa shape index (κ3) is 6.29. The van der Waals surface area contributed by atoms with Gasteiger partial charge >= 0.3 is 17.1 Å². The van der Waals surface area contributed by atoms with E-state index in [1.54, 1.807) is 0 Å². The Bertz CT molecular complexity index is 1450. The smallest absolute Gasteiger partial charge is 0.0895 e. The zero-order chi connectivity index (χ0) is 24.2. The number of allylic oxidation sites excluding steroid dienone is 1. The largest absolute Gasteiger partial charge is 2.00 e. The van der Waals surface area contributed by atoms with Crippen molar-refractivity contribution >= 4 is 83.1 Å². The number of rotatable bonds is 2. The van der Waals surface area contributed by atoms with Crippen LogP contribution in [-0.2, 0) is 17.1 Å². The van der Waals surface area contributed by atoms with Crippen LogP contribution in [0.2, 0.25) is 0 Å². The van der Waals surface area contributed by atoms with Gasteiger partial charge in [-0.1, -0.05) is 95.6 Å². The molecule has 0 N–H and O–H groups in total. The summed E-state index contributed by atoms with van der Waals surface area (Å²) < 4.78 is 2.72. The fourth-order valence-electron chi connectivity index (χ4n) is 4.40. The van der Waals surface area contributed by atoms with E-state index < -0.39 is 0 Å². The molecule has 0 saturated heterocycles. The molecule has 0 bridgehead atoms. The monoisotopic (exact) mass is 590 g/mol. The van der Waals surface area contributed by atoms with E-state index in [9.17, 15) is 0 Å². The van der Waals surface area contributed by atoms with E-state index in [1.165, 1.54) is 51.9 Å². The molecule has 4 aliphatic rings. The fraction of sp³-hybridized carbons (Fsp3) is 0. The summed E-state index contributed by atoms with van der Waals surface area (Å²) in [6.07, 6.45) is 22.9. The molecule has 5 heteroatoms. The Morgan fingerprint density at radius 2 is 0.973 bits per heavy atom. The first-order valence-electron chi connectivity index (χ1n) is 11.6. The summed E-state index contributed by atoms with van der Waals surface area (Å²) in [6, 6.07) is 15.8. The van der Waals surface area contributed by atoms with Crippen LogP contribution in [0.4, 0.5) is 0 Å². The second-order valence-corrected chi connectivity index (χ2v) is 12.4. The molecule has 2 aliphatic carbocycles. The van der Waals surface area contributed by atoms with Gasteiger partial charge in [-0.05, 0) is 113 Å². The minimum Gasteiger partial charge on any atom is -0.0895 e. The molecular formula is C32H22FeS4+2. The van der Waals surface area contributed by atoms with E-state index >= 15 is 0 Å². The average Bonchev–Trinajstić information content (AvgIpc) is 3.74. The van der Waals surface area contributed by atoms with Gasteiger partial charge in [-0.25, -0.2) is 0 Å². The number of thioether (sulfide) groups is 4. The first-order chi connectivity index (χ1) is 17.9. The molecular weight excluding hydrogens is 568 g/mol. The second-order valence-electron chi connectivity index (χ2n) is 8.21. The summed E-state index contributed by atoms with van der Waals surface area (Å²) in [4.78, 5) is 0. The third-order valence-electron chi connectivity index (χ3n) is 5.98. The topological polar surface area (TPSA) is 0 Å². The molecule has 3 aromatic rings. The third-order valence-corrected chi connectivity index (χ3v) is 10.2. The van der Waals surface area contributed by atoms with Crippen molar-refractivity contribution in [2.75, 3.05) is 0 Å². The number of benzene rings is 3.